The smallest absolute Gasteiger partial charge is 0.141 e. The van der Waals surface area contributed by atoms with Gasteiger partial charge in [0.2, 0.25) is 0 Å². The van der Waals surface area contributed by atoms with Crippen molar-refractivity contribution in [2.45, 2.75) is 25.8 Å². The fourth-order valence-corrected chi connectivity index (χ4v) is 3.00. The number of rotatable bonds is 4. The van der Waals surface area contributed by atoms with Crippen molar-refractivity contribution in [3.05, 3.63) is 56.5 Å². The predicted octanol–water partition coefficient (Wildman–Crippen LogP) is 4.35. The maximum absolute atomic E-state index is 13.1. The molecule has 0 amide bonds. The fraction of sp³-hybridized carbons (Fsp3) is 0.286. The van der Waals surface area contributed by atoms with Gasteiger partial charge in [0, 0.05) is 22.2 Å². The summed E-state index contributed by atoms with van der Waals surface area (Å²) in [5, 5.41) is 0.128. The van der Waals surface area contributed by atoms with Crippen LogP contribution >= 0.6 is 22.9 Å². The lowest BCUT2D eigenvalue weighted by Gasteiger charge is -2.11. The molecule has 0 aliphatic rings. The van der Waals surface area contributed by atoms with Crippen LogP contribution < -0.4 is 5.73 Å². The molecule has 0 spiro atoms. The molecule has 2 rings (SSSR count). The zero-order valence-corrected chi connectivity index (χ0v) is 11.7. The van der Waals surface area contributed by atoms with Gasteiger partial charge in [-0.1, -0.05) is 24.6 Å². The van der Waals surface area contributed by atoms with Gasteiger partial charge in [0.25, 0.3) is 0 Å². The highest BCUT2D eigenvalue weighted by Crippen LogP contribution is 2.25. The van der Waals surface area contributed by atoms with Crippen LogP contribution in [-0.2, 0) is 12.8 Å². The van der Waals surface area contributed by atoms with Crippen LogP contribution in [0.15, 0.2) is 30.3 Å². The number of hydrogen-bond donors (Lipinski definition) is 1. The van der Waals surface area contributed by atoms with Crippen molar-refractivity contribution in [3.63, 3.8) is 0 Å². The summed E-state index contributed by atoms with van der Waals surface area (Å²) in [4.78, 5) is 2.61. The fourth-order valence-electron chi connectivity index (χ4n) is 1.80. The van der Waals surface area contributed by atoms with E-state index in [1.807, 2.05) is 0 Å². The molecule has 0 fully saturated rings. The average Bonchev–Trinajstić information content (AvgIpc) is 2.80. The molecular formula is C14H15ClFNS. The van der Waals surface area contributed by atoms with Crippen LogP contribution in [0.4, 0.5) is 4.39 Å². The molecule has 1 nitrogen and oxygen atoms in total. The molecule has 1 unspecified atom stereocenters. The number of nitrogens with two attached hydrogens (primary N) is 1. The first-order valence-corrected chi connectivity index (χ1v) is 7.07. The Morgan fingerprint density at radius 3 is 2.61 bits per heavy atom. The first kappa shape index (κ1) is 13.5. The molecule has 1 aromatic carbocycles. The monoisotopic (exact) mass is 283 g/mol. The molecule has 0 saturated carbocycles. The molecule has 0 bridgehead atoms. The molecule has 4 heteroatoms. The van der Waals surface area contributed by atoms with Crippen molar-refractivity contribution in [3.8, 4) is 0 Å². The first-order chi connectivity index (χ1) is 8.60. The second-order valence-corrected chi connectivity index (χ2v) is 5.87. The third-order valence-corrected chi connectivity index (χ3v) is 4.40. The highest BCUT2D eigenvalue weighted by Gasteiger charge is 2.11. The Balaban J connectivity index is 2.11. The molecule has 1 heterocycles. The molecule has 2 aromatic rings. The van der Waals surface area contributed by atoms with Crippen LogP contribution in [0.2, 0.25) is 5.02 Å². The lowest BCUT2D eigenvalue weighted by molar-refractivity contribution is 0.625. The number of halogens is 2. The summed E-state index contributed by atoms with van der Waals surface area (Å²) < 4.78 is 13.1. The van der Waals surface area contributed by atoms with Crippen LogP contribution in [0.1, 0.15) is 28.3 Å². The molecule has 0 aliphatic heterocycles. The summed E-state index contributed by atoms with van der Waals surface area (Å²) >= 11 is 7.54. The molecule has 96 valence electrons. The number of thiophene rings is 1. The molecule has 0 saturated heterocycles. The summed E-state index contributed by atoms with van der Waals surface area (Å²) in [6.45, 7) is 2.13. The average molecular weight is 284 g/mol. The van der Waals surface area contributed by atoms with Gasteiger partial charge in [-0.2, -0.15) is 0 Å². The molecule has 1 aromatic heterocycles. The Hall–Kier alpha value is -0.900. The zero-order valence-electron chi connectivity index (χ0n) is 10.1. The van der Waals surface area contributed by atoms with Crippen molar-refractivity contribution < 1.29 is 4.39 Å². The Morgan fingerprint density at radius 1 is 1.28 bits per heavy atom. The number of benzene rings is 1. The third-order valence-electron chi connectivity index (χ3n) is 2.86. The minimum absolute atomic E-state index is 0.128. The van der Waals surface area contributed by atoms with Crippen LogP contribution in [0.3, 0.4) is 0 Å². The van der Waals surface area contributed by atoms with Crippen molar-refractivity contribution in [1.82, 2.24) is 0 Å². The van der Waals surface area contributed by atoms with Crippen LogP contribution in [-0.4, -0.2) is 0 Å². The van der Waals surface area contributed by atoms with E-state index in [-0.39, 0.29) is 11.1 Å². The molecular weight excluding hydrogens is 269 g/mol. The van der Waals surface area contributed by atoms with E-state index < -0.39 is 5.82 Å². The van der Waals surface area contributed by atoms with Gasteiger partial charge in [-0.05, 0) is 36.2 Å². The SMILES string of the molecule is CCc1ccc(CC(N)c2ccc(F)c(Cl)c2)s1. The summed E-state index contributed by atoms with van der Waals surface area (Å²) in [6, 6.07) is 8.75. The molecule has 0 aliphatic carbocycles. The Morgan fingerprint density at radius 2 is 2.00 bits per heavy atom. The van der Waals surface area contributed by atoms with Crippen molar-refractivity contribution in [2.75, 3.05) is 0 Å². The van der Waals surface area contributed by atoms with Gasteiger partial charge in [0.15, 0.2) is 0 Å². The second kappa shape index (κ2) is 5.83. The molecule has 0 radical (unpaired) electrons. The summed E-state index contributed by atoms with van der Waals surface area (Å²) in [5.41, 5.74) is 6.99. The van der Waals surface area contributed by atoms with E-state index in [9.17, 15) is 4.39 Å². The Kier molecular flexibility index (Phi) is 4.38. The number of hydrogen-bond acceptors (Lipinski definition) is 2. The largest absolute Gasteiger partial charge is 0.324 e. The zero-order chi connectivity index (χ0) is 13.1. The quantitative estimate of drug-likeness (QED) is 0.887. The lowest BCUT2D eigenvalue weighted by Crippen LogP contribution is -2.12. The first-order valence-electron chi connectivity index (χ1n) is 5.88. The van der Waals surface area contributed by atoms with E-state index in [1.54, 1.807) is 23.5 Å². The van der Waals surface area contributed by atoms with Gasteiger partial charge in [-0.15, -0.1) is 11.3 Å². The minimum atomic E-state index is -0.406. The predicted molar refractivity (Wildman–Crippen MR) is 75.7 cm³/mol. The van der Waals surface area contributed by atoms with Gasteiger partial charge in [-0.3, -0.25) is 0 Å². The lowest BCUT2D eigenvalue weighted by atomic mass is 10.0. The normalized spacial score (nSPS) is 12.7. The van der Waals surface area contributed by atoms with Crippen molar-refractivity contribution in [1.29, 1.82) is 0 Å². The Bertz CT molecular complexity index is 538. The topological polar surface area (TPSA) is 26.0 Å². The molecule has 1 atom stereocenters. The van der Waals surface area contributed by atoms with E-state index in [0.29, 0.717) is 0 Å². The highest BCUT2D eigenvalue weighted by molar-refractivity contribution is 7.11. The summed E-state index contributed by atoms with van der Waals surface area (Å²) in [6.07, 6.45) is 1.80. The van der Waals surface area contributed by atoms with Gasteiger partial charge < -0.3 is 5.73 Å². The van der Waals surface area contributed by atoms with Crippen LogP contribution in [0, 0.1) is 5.82 Å². The van der Waals surface area contributed by atoms with Gasteiger partial charge >= 0.3 is 0 Å². The molecule has 18 heavy (non-hydrogen) atoms. The highest BCUT2D eigenvalue weighted by atomic mass is 35.5. The number of aryl methyl sites for hydroxylation is 1. The summed E-state index contributed by atoms with van der Waals surface area (Å²) in [7, 11) is 0. The van der Waals surface area contributed by atoms with Crippen molar-refractivity contribution >= 4 is 22.9 Å². The van der Waals surface area contributed by atoms with Gasteiger partial charge in [0.05, 0.1) is 5.02 Å². The third kappa shape index (κ3) is 3.10. The van der Waals surface area contributed by atoms with E-state index in [0.717, 1.165) is 18.4 Å². The van der Waals surface area contributed by atoms with Gasteiger partial charge in [0.1, 0.15) is 5.82 Å². The van der Waals surface area contributed by atoms with E-state index in [1.165, 1.54) is 15.8 Å². The van der Waals surface area contributed by atoms with Crippen LogP contribution in [0.25, 0.3) is 0 Å². The van der Waals surface area contributed by atoms with Crippen molar-refractivity contribution in [2.24, 2.45) is 5.73 Å². The standard InChI is InChI=1S/C14H15ClFNS/c1-2-10-4-5-11(18-10)8-14(17)9-3-6-13(16)12(15)7-9/h3-7,14H,2,8,17H2,1H3. The molecule has 2 N–H and O–H groups in total. The van der Waals surface area contributed by atoms with E-state index in [2.05, 4.69) is 19.1 Å². The van der Waals surface area contributed by atoms with Gasteiger partial charge in [-0.25, -0.2) is 4.39 Å². The summed E-state index contributed by atoms with van der Waals surface area (Å²) in [5.74, 6) is -0.406. The second-order valence-electron chi connectivity index (χ2n) is 4.21. The maximum Gasteiger partial charge on any atom is 0.141 e. The Labute approximate surface area is 115 Å². The van der Waals surface area contributed by atoms with Crippen LogP contribution in [0.5, 0.6) is 0 Å². The van der Waals surface area contributed by atoms with E-state index in [4.69, 9.17) is 17.3 Å². The maximum atomic E-state index is 13.1. The minimum Gasteiger partial charge on any atom is -0.324 e. The van der Waals surface area contributed by atoms with E-state index >= 15 is 0 Å².